The van der Waals surface area contributed by atoms with Crippen molar-refractivity contribution in [2.24, 2.45) is 11.7 Å². The van der Waals surface area contributed by atoms with Gasteiger partial charge in [-0.1, -0.05) is 32.0 Å². The van der Waals surface area contributed by atoms with Crippen molar-refractivity contribution in [3.63, 3.8) is 0 Å². The van der Waals surface area contributed by atoms with E-state index in [-0.39, 0.29) is 0 Å². The second kappa shape index (κ2) is 7.15. The van der Waals surface area contributed by atoms with Crippen molar-refractivity contribution < 1.29 is 14.3 Å². The van der Waals surface area contributed by atoms with Gasteiger partial charge in [0.15, 0.2) is 5.69 Å². The van der Waals surface area contributed by atoms with Crippen molar-refractivity contribution in [2.75, 3.05) is 6.61 Å². The number of hydrogen-bond donors (Lipinski definition) is 2. The van der Waals surface area contributed by atoms with Gasteiger partial charge in [0.1, 0.15) is 0 Å². The molecule has 2 aromatic rings. The molecule has 0 fully saturated rings. The number of nitrogens with two attached hydrogens (primary N) is 1. The molecule has 6 nitrogen and oxygen atoms in total. The van der Waals surface area contributed by atoms with Gasteiger partial charge in [0.05, 0.1) is 12.1 Å². The molecule has 2 rings (SSSR count). The molecule has 0 aliphatic heterocycles. The lowest BCUT2D eigenvalue weighted by molar-refractivity contribution is -0.129. The topological polar surface area (TPSA) is 98.1 Å². The van der Waals surface area contributed by atoms with E-state index in [0.717, 1.165) is 10.9 Å². The fourth-order valence-corrected chi connectivity index (χ4v) is 1.38. The fourth-order valence-electron chi connectivity index (χ4n) is 1.38. The number of nitrogens with one attached hydrogen (secondary N) is 1. The first-order valence-corrected chi connectivity index (χ1v) is 5.84. The number of H-pyrrole nitrogens is 1. The summed E-state index contributed by atoms with van der Waals surface area (Å²) in [6, 6.07) is 7.35. The van der Waals surface area contributed by atoms with E-state index in [2.05, 4.69) is 14.9 Å². The summed E-state index contributed by atoms with van der Waals surface area (Å²) < 4.78 is 4.41. The Kier molecular flexibility index (Phi) is 5.53. The zero-order valence-electron chi connectivity index (χ0n) is 10.9. The summed E-state index contributed by atoms with van der Waals surface area (Å²) in [5, 5.41) is 7.28. The largest absolute Gasteiger partial charge is 0.468 e. The van der Waals surface area contributed by atoms with Crippen LogP contribution in [0.2, 0.25) is 0 Å². The number of carbonyl (C=O) groups excluding carboxylic acids is 2. The minimum absolute atomic E-state index is 0.297. The quantitative estimate of drug-likeness (QED) is 0.816. The van der Waals surface area contributed by atoms with Gasteiger partial charge in [0.2, 0.25) is 0 Å². The highest BCUT2D eigenvalue weighted by Gasteiger charge is 2.08. The van der Waals surface area contributed by atoms with Crippen LogP contribution >= 0.6 is 0 Å². The Balaban J connectivity index is 0.000000224. The third kappa shape index (κ3) is 4.42. The second-order valence-corrected chi connectivity index (χ2v) is 4.31. The SMILES string of the molecule is CC(C)COC=O.NC(=O)c1n[nH]c2ccccc12. The van der Waals surface area contributed by atoms with Crippen LogP contribution in [0.15, 0.2) is 24.3 Å². The number of carbonyl (C=O) groups is 2. The van der Waals surface area contributed by atoms with E-state index in [0.29, 0.717) is 24.7 Å². The van der Waals surface area contributed by atoms with Gasteiger partial charge in [0, 0.05) is 5.39 Å². The Labute approximate surface area is 110 Å². The predicted octanol–water partition coefficient (Wildman–Crippen LogP) is 1.48. The Morgan fingerprint density at radius 1 is 1.47 bits per heavy atom. The van der Waals surface area contributed by atoms with Crippen molar-refractivity contribution in [1.29, 1.82) is 0 Å². The number of para-hydroxylation sites is 1. The van der Waals surface area contributed by atoms with Crippen LogP contribution in [-0.4, -0.2) is 29.2 Å². The summed E-state index contributed by atoms with van der Waals surface area (Å²) in [4.78, 5) is 20.3. The molecule has 1 heterocycles. The molecule has 102 valence electrons. The summed E-state index contributed by atoms with van der Waals surface area (Å²) in [5.74, 6) is -0.0577. The summed E-state index contributed by atoms with van der Waals surface area (Å²) in [6.45, 7) is 4.98. The molecule has 3 N–H and O–H groups in total. The zero-order valence-corrected chi connectivity index (χ0v) is 10.9. The number of aromatic amines is 1. The van der Waals surface area contributed by atoms with E-state index in [1.54, 1.807) is 6.07 Å². The number of aromatic nitrogens is 2. The first-order chi connectivity index (χ1) is 9.06. The maximum Gasteiger partial charge on any atom is 0.293 e. The van der Waals surface area contributed by atoms with Gasteiger partial charge in [0.25, 0.3) is 12.4 Å². The van der Waals surface area contributed by atoms with Gasteiger partial charge in [-0.05, 0) is 12.0 Å². The molecule has 0 atom stereocenters. The molecule has 0 saturated carbocycles. The molecule has 0 aliphatic carbocycles. The highest BCUT2D eigenvalue weighted by atomic mass is 16.5. The van der Waals surface area contributed by atoms with Crippen LogP contribution in [-0.2, 0) is 9.53 Å². The second-order valence-electron chi connectivity index (χ2n) is 4.31. The van der Waals surface area contributed by atoms with E-state index >= 15 is 0 Å². The van der Waals surface area contributed by atoms with Gasteiger partial charge < -0.3 is 10.5 Å². The molecule has 19 heavy (non-hydrogen) atoms. The van der Waals surface area contributed by atoms with Crippen LogP contribution in [0, 0.1) is 5.92 Å². The number of benzene rings is 1. The molecule has 1 amide bonds. The third-order valence-electron chi connectivity index (χ3n) is 2.20. The molecule has 1 aromatic carbocycles. The zero-order chi connectivity index (χ0) is 14.3. The van der Waals surface area contributed by atoms with Crippen LogP contribution < -0.4 is 5.73 Å². The first kappa shape index (κ1) is 14.7. The lowest BCUT2D eigenvalue weighted by Crippen LogP contribution is -2.11. The highest BCUT2D eigenvalue weighted by Crippen LogP contribution is 2.13. The van der Waals surface area contributed by atoms with Gasteiger partial charge >= 0.3 is 0 Å². The Bertz CT molecular complexity index is 549. The molecule has 0 radical (unpaired) electrons. The minimum Gasteiger partial charge on any atom is -0.468 e. The Morgan fingerprint density at radius 3 is 2.68 bits per heavy atom. The lowest BCUT2D eigenvalue weighted by Gasteiger charge is -1.98. The molecule has 0 saturated heterocycles. The smallest absolute Gasteiger partial charge is 0.293 e. The Morgan fingerprint density at radius 2 is 2.16 bits per heavy atom. The summed E-state index contributed by atoms with van der Waals surface area (Å²) in [5.41, 5.74) is 6.22. The molecule has 0 unspecified atom stereocenters. The van der Waals surface area contributed by atoms with Crippen molar-refractivity contribution in [1.82, 2.24) is 10.2 Å². The fraction of sp³-hybridized carbons (Fsp3) is 0.308. The molecule has 0 bridgehead atoms. The molecule has 6 heteroatoms. The molecular weight excluding hydrogens is 246 g/mol. The number of amides is 1. The number of hydrogen-bond acceptors (Lipinski definition) is 4. The molecular formula is C13H17N3O3. The molecule has 0 aliphatic rings. The third-order valence-corrected chi connectivity index (χ3v) is 2.20. The van der Waals surface area contributed by atoms with Crippen LogP contribution in [0.4, 0.5) is 0 Å². The number of primary amides is 1. The van der Waals surface area contributed by atoms with Crippen LogP contribution in [0.25, 0.3) is 10.9 Å². The monoisotopic (exact) mass is 263 g/mol. The van der Waals surface area contributed by atoms with E-state index < -0.39 is 5.91 Å². The minimum atomic E-state index is -0.507. The maximum atomic E-state index is 10.8. The van der Waals surface area contributed by atoms with Crippen molar-refractivity contribution in [3.05, 3.63) is 30.0 Å². The van der Waals surface area contributed by atoms with Crippen molar-refractivity contribution in [2.45, 2.75) is 13.8 Å². The van der Waals surface area contributed by atoms with Gasteiger partial charge in [-0.3, -0.25) is 14.7 Å². The number of nitrogens with zero attached hydrogens (tertiary/aromatic N) is 1. The van der Waals surface area contributed by atoms with E-state index in [4.69, 9.17) is 5.73 Å². The lowest BCUT2D eigenvalue weighted by atomic mass is 10.2. The van der Waals surface area contributed by atoms with Gasteiger partial charge in [-0.2, -0.15) is 5.10 Å². The van der Waals surface area contributed by atoms with Crippen LogP contribution in [0.5, 0.6) is 0 Å². The van der Waals surface area contributed by atoms with Gasteiger partial charge in [-0.15, -0.1) is 0 Å². The maximum absolute atomic E-state index is 10.8. The summed E-state index contributed by atoms with van der Waals surface area (Å²) in [7, 11) is 0. The number of fused-ring (bicyclic) bond motifs is 1. The normalized spacial score (nSPS) is 9.84. The summed E-state index contributed by atoms with van der Waals surface area (Å²) >= 11 is 0. The van der Waals surface area contributed by atoms with E-state index in [9.17, 15) is 9.59 Å². The molecule has 0 spiro atoms. The number of rotatable bonds is 4. The van der Waals surface area contributed by atoms with Gasteiger partial charge in [-0.25, -0.2) is 0 Å². The Hall–Kier alpha value is -2.37. The average Bonchev–Trinajstić information content (AvgIpc) is 2.81. The standard InChI is InChI=1S/C8H7N3O.C5H10O2/c9-8(12)7-5-3-1-2-4-6(5)10-11-7;1-5(2)3-7-4-6/h1-4H,(H2,9,12)(H,10,11);4-5H,3H2,1-2H3. The molecule has 1 aromatic heterocycles. The van der Waals surface area contributed by atoms with E-state index in [1.807, 2.05) is 32.0 Å². The van der Waals surface area contributed by atoms with Crippen molar-refractivity contribution in [3.8, 4) is 0 Å². The van der Waals surface area contributed by atoms with Crippen LogP contribution in [0.1, 0.15) is 24.3 Å². The van der Waals surface area contributed by atoms with Crippen LogP contribution in [0.3, 0.4) is 0 Å². The number of ether oxygens (including phenoxy) is 1. The summed E-state index contributed by atoms with van der Waals surface area (Å²) in [6.07, 6.45) is 0. The first-order valence-electron chi connectivity index (χ1n) is 5.84. The van der Waals surface area contributed by atoms with Crippen molar-refractivity contribution >= 4 is 23.3 Å². The average molecular weight is 263 g/mol. The highest BCUT2D eigenvalue weighted by molar-refractivity contribution is 6.03. The predicted molar refractivity (Wildman–Crippen MR) is 71.5 cm³/mol. The van der Waals surface area contributed by atoms with E-state index in [1.165, 1.54) is 0 Å².